The van der Waals surface area contributed by atoms with Gasteiger partial charge in [-0.15, -0.1) is 13.2 Å². The van der Waals surface area contributed by atoms with Crippen LogP contribution >= 0.6 is 0 Å². The number of rotatable bonds is 2. The zero-order valence-electron chi connectivity index (χ0n) is 13.0. The molecule has 0 aromatic heterocycles. The van der Waals surface area contributed by atoms with E-state index < -0.39 is 0 Å². The molecule has 0 radical (unpaired) electrons. The van der Waals surface area contributed by atoms with Gasteiger partial charge >= 0.3 is 0 Å². The van der Waals surface area contributed by atoms with E-state index in [1.54, 1.807) is 0 Å². The average molecular weight is 226 g/mol. The fourth-order valence-electron chi connectivity index (χ4n) is 0.343. The molecule has 98 valence electrons. The summed E-state index contributed by atoms with van der Waals surface area (Å²) >= 11 is 0. The molecule has 0 aliphatic heterocycles. The molecule has 0 aromatic carbocycles. The summed E-state index contributed by atoms with van der Waals surface area (Å²) in [6.07, 6.45) is 3.90. The summed E-state index contributed by atoms with van der Waals surface area (Å²) in [6.45, 7) is 29.4. The maximum Gasteiger partial charge on any atom is -0.0309 e. The van der Waals surface area contributed by atoms with E-state index in [-0.39, 0.29) is 0 Å². The second-order valence-electron chi connectivity index (χ2n) is 1.81. The molecular weight excluding hydrogens is 192 g/mol. The minimum absolute atomic E-state index is 1.01. The second-order valence-corrected chi connectivity index (χ2v) is 1.81. The van der Waals surface area contributed by atoms with Crippen molar-refractivity contribution in [1.82, 2.24) is 0 Å². The Bertz CT molecular complexity index is 138. The number of hydrogen-bond donors (Lipinski definition) is 0. The van der Waals surface area contributed by atoms with Crippen molar-refractivity contribution < 1.29 is 0 Å². The molecule has 0 rings (SSSR count). The second kappa shape index (κ2) is 48.4. The minimum Gasteiger partial charge on any atom is -0.106 e. The van der Waals surface area contributed by atoms with Crippen molar-refractivity contribution in [2.75, 3.05) is 0 Å². The molecule has 0 amide bonds. The molecular formula is C16H34. The average Bonchev–Trinajstić information content (AvgIpc) is 2.39. The fourth-order valence-corrected chi connectivity index (χ4v) is 0.343. The molecule has 0 nitrogen and oxygen atoms in total. The van der Waals surface area contributed by atoms with Crippen LogP contribution < -0.4 is 0 Å². The molecule has 0 heteroatoms. The van der Waals surface area contributed by atoms with E-state index in [0.29, 0.717) is 0 Å². The summed E-state index contributed by atoms with van der Waals surface area (Å²) in [4.78, 5) is 0. The van der Waals surface area contributed by atoms with Crippen molar-refractivity contribution >= 4 is 0 Å². The first kappa shape index (κ1) is 29.4. The largest absolute Gasteiger partial charge is 0.106 e. The summed E-state index contributed by atoms with van der Waals surface area (Å²) in [6, 6.07) is 0. The molecule has 0 saturated heterocycles. The zero-order chi connectivity index (χ0) is 14.6. The van der Waals surface area contributed by atoms with Crippen LogP contribution in [0, 0.1) is 0 Å². The molecule has 0 heterocycles. The van der Waals surface area contributed by atoms with Crippen LogP contribution in [-0.4, -0.2) is 0 Å². The Hall–Kier alpha value is -1.04. The molecule has 0 unspecified atom stereocenters. The molecule has 0 N–H and O–H groups in total. The lowest BCUT2D eigenvalue weighted by Gasteiger charge is -1.92. The van der Waals surface area contributed by atoms with Gasteiger partial charge in [0, 0.05) is 0 Å². The standard InChI is InChI=1S/C8H12.3C2H6.C2H4/c1-5-6-8(4)7(2)3;4*1-2/h5-6H,2,4H2,1,3H3;3*1-2H3;1-2H2/b6-5-;;;;. The molecule has 0 fully saturated rings. The van der Waals surface area contributed by atoms with Gasteiger partial charge < -0.3 is 0 Å². The quantitative estimate of drug-likeness (QED) is 0.369. The molecule has 16 heavy (non-hydrogen) atoms. The lowest BCUT2D eigenvalue weighted by molar-refractivity contribution is 1.46. The van der Waals surface area contributed by atoms with Gasteiger partial charge in [0.25, 0.3) is 0 Å². The van der Waals surface area contributed by atoms with Gasteiger partial charge in [0.05, 0.1) is 0 Å². The van der Waals surface area contributed by atoms with E-state index in [1.807, 2.05) is 67.5 Å². The first-order chi connectivity index (χ1) is 7.68. The van der Waals surface area contributed by atoms with Gasteiger partial charge in [0.15, 0.2) is 0 Å². The summed E-state index contributed by atoms with van der Waals surface area (Å²) in [5, 5.41) is 0. The highest BCUT2D eigenvalue weighted by Crippen LogP contribution is 2.03. The Balaban J connectivity index is -0.0000000426. The van der Waals surface area contributed by atoms with Crippen molar-refractivity contribution in [3.63, 3.8) is 0 Å². The summed E-state index contributed by atoms with van der Waals surface area (Å²) in [5.74, 6) is 0. The normalized spacial score (nSPS) is 6.25. The predicted octanol–water partition coefficient (Wildman–Crippen LogP) is 6.58. The molecule has 0 spiro atoms. The SMILES string of the molecule is C=C.C=C(C)C(=C)/C=C\C.CC.CC.CC. The van der Waals surface area contributed by atoms with Gasteiger partial charge in [-0.3, -0.25) is 0 Å². The zero-order valence-corrected chi connectivity index (χ0v) is 13.0. The van der Waals surface area contributed by atoms with E-state index in [4.69, 9.17) is 0 Å². The van der Waals surface area contributed by atoms with Crippen molar-refractivity contribution in [2.45, 2.75) is 55.4 Å². The van der Waals surface area contributed by atoms with E-state index >= 15 is 0 Å². The molecule has 0 aromatic rings. The van der Waals surface area contributed by atoms with E-state index in [0.717, 1.165) is 11.1 Å². The monoisotopic (exact) mass is 226 g/mol. The van der Waals surface area contributed by atoms with Crippen LogP contribution in [0.3, 0.4) is 0 Å². The number of allylic oxidation sites excluding steroid dienone is 4. The Kier molecular flexibility index (Phi) is 88.9. The summed E-state index contributed by atoms with van der Waals surface area (Å²) < 4.78 is 0. The van der Waals surface area contributed by atoms with Crippen LogP contribution in [-0.2, 0) is 0 Å². The van der Waals surface area contributed by atoms with Gasteiger partial charge in [-0.2, -0.15) is 0 Å². The third kappa shape index (κ3) is 52.2. The topological polar surface area (TPSA) is 0 Å². The molecule has 0 atom stereocenters. The molecule has 0 saturated carbocycles. The van der Waals surface area contributed by atoms with Crippen molar-refractivity contribution in [3.05, 3.63) is 49.6 Å². The molecule has 0 aliphatic rings. The van der Waals surface area contributed by atoms with E-state index in [1.165, 1.54) is 0 Å². The highest BCUT2D eigenvalue weighted by atomic mass is 13.9. The highest BCUT2D eigenvalue weighted by Gasteiger charge is 1.82. The van der Waals surface area contributed by atoms with Gasteiger partial charge in [-0.05, 0) is 19.4 Å². The van der Waals surface area contributed by atoms with Gasteiger partial charge in [-0.25, -0.2) is 0 Å². The fraction of sp³-hybridized carbons (Fsp3) is 0.500. The molecule has 0 bridgehead atoms. The van der Waals surface area contributed by atoms with Crippen LogP contribution in [0.4, 0.5) is 0 Å². The lowest BCUT2D eigenvalue weighted by Crippen LogP contribution is -1.72. The summed E-state index contributed by atoms with van der Waals surface area (Å²) in [7, 11) is 0. The van der Waals surface area contributed by atoms with E-state index in [9.17, 15) is 0 Å². The van der Waals surface area contributed by atoms with Crippen molar-refractivity contribution in [2.24, 2.45) is 0 Å². The third-order valence-corrected chi connectivity index (χ3v) is 0.916. The van der Waals surface area contributed by atoms with Gasteiger partial charge in [-0.1, -0.05) is 72.4 Å². The van der Waals surface area contributed by atoms with Gasteiger partial charge in [0.1, 0.15) is 0 Å². The first-order valence-electron chi connectivity index (χ1n) is 6.16. The highest BCUT2D eigenvalue weighted by molar-refractivity contribution is 5.32. The Morgan fingerprint density at radius 1 is 0.812 bits per heavy atom. The van der Waals surface area contributed by atoms with E-state index in [2.05, 4.69) is 26.3 Å². The maximum absolute atomic E-state index is 3.76. The van der Waals surface area contributed by atoms with Crippen LogP contribution in [0.2, 0.25) is 0 Å². The minimum atomic E-state index is 1.01. The Morgan fingerprint density at radius 3 is 1.12 bits per heavy atom. The van der Waals surface area contributed by atoms with Crippen LogP contribution in [0.15, 0.2) is 49.6 Å². The Labute approximate surface area is 105 Å². The maximum atomic E-state index is 3.76. The van der Waals surface area contributed by atoms with Crippen LogP contribution in [0.1, 0.15) is 55.4 Å². The van der Waals surface area contributed by atoms with Crippen molar-refractivity contribution in [1.29, 1.82) is 0 Å². The molecule has 0 aliphatic carbocycles. The predicted molar refractivity (Wildman–Crippen MR) is 84.1 cm³/mol. The first-order valence-corrected chi connectivity index (χ1v) is 6.16. The smallest absolute Gasteiger partial charge is 0.0309 e. The number of hydrogen-bond acceptors (Lipinski definition) is 0. The van der Waals surface area contributed by atoms with Crippen molar-refractivity contribution in [3.8, 4) is 0 Å². The van der Waals surface area contributed by atoms with Crippen LogP contribution in [0.25, 0.3) is 0 Å². The summed E-state index contributed by atoms with van der Waals surface area (Å²) in [5.41, 5.74) is 2.04. The lowest BCUT2D eigenvalue weighted by atomic mass is 10.1. The van der Waals surface area contributed by atoms with Crippen LogP contribution in [0.5, 0.6) is 0 Å². The van der Waals surface area contributed by atoms with Gasteiger partial charge in [0.2, 0.25) is 0 Å². The Morgan fingerprint density at radius 2 is 1.06 bits per heavy atom. The third-order valence-electron chi connectivity index (χ3n) is 0.916.